The number of benzene rings is 1. The lowest BCUT2D eigenvalue weighted by Crippen LogP contribution is -2.28. The summed E-state index contributed by atoms with van der Waals surface area (Å²) in [4.78, 5) is 0. The minimum Gasteiger partial charge on any atom is -0.381 e. The van der Waals surface area contributed by atoms with Gasteiger partial charge >= 0.3 is 0 Å². The Morgan fingerprint density at radius 3 is 2.83 bits per heavy atom. The molecule has 4 heteroatoms. The van der Waals surface area contributed by atoms with Gasteiger partial charge in [0, 0.05) is 25.0 Å². The number of halogens is 2. The molecule has 2 aliphatic rings. The van der Waals surface area contributed by atoms with E-state index in [4.69, 9.17) is 27.9 Å². The highest BCUT2D eigenvalue weighted by atomic mass is 35.5. The molecule has 3 rings (SSSR count). The fraction of sp³-hybridized carbons (Fsp3) is 0.571. The summed E-state index contributed by atoms with van der Waals surface area (Å²) in [5.41, 5.74) is 1.49. The number of rotatable bonds is 3. The highest BCUT2D eigenvalue weighted by Gasteiger charge is 2.69. The van der Waals surface area contributed by atoms with Gasteiger partial charge in [-0.05, 0) is 37.1 Å². The van der Waals surface area contributed by atoms with Gasteiger partial charge < -0.3 is 10.1 Å². The summed E-state index contributed by atoms with van der Waals surface area (Å²) in [7, 11) is 1.79. The van der Waals surface area contributed by atoms with E-state index in [-0.39, 0.29) is 11.5 Å². The van der Waals surface area contributed by atoms with E-state index in [0.29, 0.717) is 21.9 Å². The second-order valence-corrected chi connectivity index (χ2v) is 6.19. The predicted octanol–water partition coefficient (Wildman–Crippen LogP) is 3.12. The Labute approximate surface area is 118 Å². The molecular formula is C14H17Cl2NO. The van der Waals surface area contributed by atoms with E-state index < -0.39 is 0 Å². The van der Waals surface area contributed by atoms with Crippen molar-refractivity contribution in [2.24, 2.45) is 11.8 Å². The maximum atomic E-state index is 6.15. The molecule has 1 aromatic carbocycles. The van der Waals surface area contributed by atoms with E-state index in [0.717, 1.165) is 13.1 Å². The molecule has 2 fully saturated rings. The molecule has 1 aliphatic carbocycles. The molecule has 98 valence electrons. The van der Waals surface area contributed by atoms with Crippen LogP contribution in [0.2, 0.25) is 10.0 Å². The van der Waals surface area contributed by atoms with Crippen molar-refractivity contribution < 1.29 is 4.74 Å². The summed E-state index contributed by atoms with van der Waals surface area (Å²) in [6, 6.07) is 6.03. The quantitative estimate of drug-likeness (QED) is 0.922. The van der Waals surface area contributed by atoms with Crippen LogP contribution in [0.3, 0.4) is 0 Å². The SMILES string of the molecule is COC(C)[C@H]1[C@@H]2CNC[C@@]21c1ccc(Cl)c(Cl)c1. The van der Waals surface area contributed by atoms with E-state index in [1.54, 1.807) is 7.11 Å². The van der Waals surface area contributed by atoms with Crippen molar-refractivity contribution in [2.45, 2.75) is 18.4 Å². The molecule has 0 spiro atoms. The maximum absolute atomic E-state index is 6.15. The second-order valence-electron chi connectivity index (χ2n) is 5.37. The van der Waals surface area contributed by atoms with E-state index in [1.807, 2.05) is 12.1 Å². The van der Waals surface area contributed by atoms with Crippen molar-refractivity contribution in [3.63, 3.8) is 0 Å². The van der Waals surface area contributed by atoms with Gasteiger partial charge in [-0.2, -0.15) is 0 Å². The summed E-state index contributed by atoms with van der Waals surface area (Å²) in [6.07, 6.45) is 0.284. The van der Waals surface area contributed by atoms with Crippen LogP contribution in [0.1, 0.15) is 12.5 Å². The third kappa shape index (κ3) is 1.63. The Bertz CT molecular complexity index is 479. The van der Waals surface area contributed by atoms with Crippen molar-refractivity contribution in [2.75, 3.05) is 20.2 Å². The zero-order chi connectivity index (χ0) is 12.9. The Hall–Kier alpha value is -0.280. The molecule has 1 N–H and O–H groups in total. The van der Waals surface area contributed by atoms with Crippen LogP contribution in [0.4, 0.5) is 0 Å². The fourth-order valence-electron chi connectivity index (χ4n) is 3.73. The molecule has 2 nitrogen and oxygen atoms in total. The molecule has 1 aliphatic heterocycles. The number of hydrogen-bond donors (Lipinski definition) is 1. The minimum absolute atomic E-state index is 0.198. The average Bonchev–Trinajstić information content (AvgIpc) is 2.81. The summed E-state index contributed by atoms with van der Waals surface area (Å²) in [6.45, 7) is 4.23. The van der Waals surface area contributed by atoms with Gasteiger partial charge in [0.15, 0.2) is 0 Å². The molecule has 1 aromatic rings. The molecular weight excluding hydrogens is 269 g/mol. The Morgan fingerprint density at radius 2 is 2.17 bits per heavy atom. The lowest BCUT2D eigenvalue weighted by molar-refractivity contribution is 0.0871. The first kappa shape index (κ1) is 12.7. The van der Waals surface area contributed by atoms with Gasteiger partial charge in [-0.25, -0.2) is 0 Å². The van der Waals surface area contributed by atoms with Gasteiger partial charge in [0.05, 0.1) is 16.1 Å². The highest BCUT2D eigenvalue weighted by molar-refractivity contribution is 6.42. The van der Waals surface area contributed by atoms with Crippen molar-refractivity contribution in [3.8, 4) is 0 Å². The number of ether oxygens (including phenoxy) is 1. The van der Waals surface area contributed by atoms with Crippen LogP contribution in [0.15, 0.2) is 18.2 Å². The van der Waals surface area contributed by atoms with Crippen molar-refractivity contribution in [3.05, 3.63) is 33.8 Å². The largest absolute Gasteiger partial charge is 0.381 e. The first-order valence-corrected chi connectivity index (χ1v) is 7.06. The van der Waals surface area contributed by atoms with Gasteiger partial charge in [0.1, 0.15) is 0 Å². The fourth-order valence-corrected chi connectivity index (χ4v) is 4.03. The predicted molar refractivity (Wildman–Crippen MR) is 74.5 cm³/mol. The van der Waals surface area contributed by atoms with Gasteiger partial charge in [0.2, 0.25) is 0 Å². The van der Waals surface area contributed by atoms with Gasteiger partial charge in [0.25, 0.3) is 0 Å². The van der Waals surface area contributed by atoms with Crippen LogP contribution in [0.5, 0.6) is 0 Å². The molecule has 4 atom stereocenters. The molecule has 1 unspecified atom stereocenters. The zero-order valence-electron chi connectivity index (χ0n) is 10.5. The number of nitrogens with one attached hydrogen (secondary N) is 1. The molecule has 0 radical (unpaired) electrons. The number of piperidine rings is 1. The van der Waals surface area contributed by atoms with E-state index in [1.165, 1.54) is 5.56 Å². The zero-order valence-corrected chi connectivity index (χ0v) is 12.1. The van der Waals surface area contributed by atoms with E-state index in [9.17, 15) is 0 Å². The van der Waals surface area contributed by atoms with Crippen LogP contribution in [-0.2, 0) is 10.2 Å². The molecule has 0 bridgehead atoms. The molecule has 18 heavy (non-hydrogen) atoms. The second kappa shape index (κ2) is 4.38. The summed E-state index contributed by atoms with van der Waals surface area (Å²) in [5, 5.41) is 4.74. The van der Waals surface area contributed by atoms with Crippen LogP contribution in [0, 0.1) is 11.8 Å². The maximum Gasteiger partial charge on any atom is 0.0595 e. The van der Waals surface area contributed by atoms with Crippen LogP contribution in [0.25, 0.3) is 0 Å². The van der Waals surface area contributed by atoms with Crippen molar-refractivity contribution in [1.29, 1.82) is 0 Å². The number of methoxy groups -OCH3 is 1. The molecule has 1 saturated heterocycles. The molecule has 1 heterocycles. The van der Waals surface area contributed by atoms with Crippen LogP contribution in [-0.4, -0.2) is 26.3 Å². The van der Waals surface area contributed by atoms with Gasteiger partial charge in [-0.3, -0.25) is 0 Å². The Kier molecular flexibility index (Phi) is 3.10. The van der Waals surface area contributed by atoms with E-state index in [2.05, 4.69) is 18.3 Å². The monoisotopic (exact) mass is 285 g/mol. The third-order valence-electron chi connectivity index (χ3n) is 4.70. The Morgan fingerprint density at radius 1 is 1.39 bits per heavy atom. The number of hydrogen-bond acceptors (Lipinski definition) is 2. The van der Waals surface area contributed by atoms with Gasteiger partial charge in [-0.15, -0.1) is 0 Å². The van der Waals surface area contributed by atoms with Gasteiger partial charge in [-0.1, -0.05) is 29.3 Å². The minimum atomic E-state index is 0.198. The van der Waals surface area contributed by atoms with Crippen molar-refractivity contribution >= 4 is 23.2 Å². The lowest BCUT2D eigenvalue weighted by Gasteiger charge is -2.20. The topological polar surface area (TPSA) is 21.3 Å². The molecule has 0 aromatic heterocycles. The third-order valence-corrected chi connectivity index (χ3v) is 5.44. The Balaban J connectivity index is 1.97. The summed E-state index contributed by atoms with van der Waals surface area (Å²) in [5.74, 6) is 1.24. The normalized spacial score (nSPS) is 35.3. The summed E-state index contributed by atoms with van der Waals surface area (Å²) >= 11 is 12.2. The smallest absolute Gasteiger partial charge is 0.0595 e. The lowest BCUT2D eigenvalue weighted by atomic mass is 9.91. The standard InChI is InChI=1S/C14H17Cl2NO/c1-8(18-2)13-10-6-17-7-14(10,13)9-3-4-11(15)12(16)5-9/h3-5,8,10,13,17H,6-7H2,1-2H3/t8?,10-,13-,14+/m0/s1. The van der Waals surface area contributed by atoms with Crippen LogP contribution < -0.4 is 5.32 Å². The number of fused-ring (bicyclic) bond motifs is 1. The highest BCUT2D eigenvalue weighted by Crippen LogP contribution is 2.64. The van der Waals surface area contributed by atoms with Crippen molar-refractivity contribution in [1.82, 2.24) is 5.32 Å². The van der Waals surface area contributed by atoms with Crippen LogP contribution >= 0.6 is 23.2 Å². The summed E-state index contributed by atoms with van der Waals surface area (Å²) < 4.78 is 5.52. The average molecular weight is 286 g/mol. The first-order valence-electron chi connectivity index (χ1n) is 6.30. The molecule has 0 amide bonds. The van der Waals surface area contributed by atoms with E-state index >= 15 is 0 Å². The molecule has 1 saturated carbocycles. The first-order chi connectivity index (χ1) is 8.61.